The van der Waals surface area contributed by atoms with E-state index < -0.39 is 0 Å². The van der Waals surface area contributed by atoms with Gasteiger partial charge in [-0.2, -0.15) is 0 Å². The maximum Gasteiger partial charge on any atom is 0.165 e. The zero-order chi connectivity index (χ0) is 35.1. The summed E-state index contributed by atoms with van der Waals surface area (Å²) in [6.45, 7) is 0. The minimum Gasteiger partial charge on any atom is -0.208 e. The Bertz CT molecular complexity index is 2930. The predicted molar refractivity (Wildman–Crippen MR) is 223 cm³/mol. The van der Waals surface area contributed by atoms with E-state index in [1.165, 1.54) is 58.8 Å². The van der Waals surface area contributed by atoms with Gasteiger partial charge in [-0.1, -0.05) is 170 Å². The molecule has 0 N–H and O–H groups in total. The van der Waals surface area contributed by atoms with Gasteiger partial charge in [0.05, 0.1) is 0 Å². The van der Waals surface area contributed by atoms with Gasteiger partial charge < -0.3 is 0 Å². The summed E-state index contributed by atoms with van der Waals surface area (Å²) in [6, 6.07) is 66.4. The average molecular weight is 694 g/mol. The van der Waals surface area contributed by atoms with Crippen LogP contribution in [0.2, 0.25) is 0 Å². The zero-order valence-electron chi connectivity index (χ0n) is 28.6. The van der Waals surface area contributed by atoms with Crippen LogP contribution in [0.3, 0.4) is 0 Å². The fraction of sp³-hybridized carbons (Fsp3) is 0. The summed E-state index contributed by atoms with van der Waals surface area (Å²) >= 11 is 1.79. The van der Waals surface area contributed by atoms with Gasteiger partial charge in [0.2, 0.25) is 0 Å². The molecule has 2 heterocycles. The highest BCUT2D eigenvalue weighted by atomic mass is 32.1. The third-order valence-electron chi connectivity index (χ3n) is 9.95. The van der Waals surface area contributed by atoms with Crippen LogP contribution >= 0.6 is 11.3 Å². The summed E-state index contributed by atoms with van der Waals surface area (Å²) in [5.41, 5.74) is 10.0. The Kier molecular flexibility index (Phi) is 7.67. The maximum absolute atomic E-state index is 5.16. The lowest BCUT2D eigenvalue weighted by atomic mass is 9.88. The number of benzene rings is 8. The highest BCUT2D eigenvalue weighted by Gasteiger charge is 2.18. The van der Waals surface area contributed by atoms with Gasteiger partial charge in [-0.3, -0.25) is 0 Å². The van der Waals surface area contributed by atoms with Gasteiger partial charge in [-0.15, -0.1) is 11.3 Å². The molecule has 10 rings (SSSR count). The van der Waals surface area contributed by atoms with E-state index in [0.29, 0.717) is 17.5 Å². The Labute approximate surface area is 311 Å². The Balaban J connectivity index is 1.11. The van der Waals surface area contributed by atoms with Gasteiger partial charge in [0.1, 0.15) is 0 Å². The molecule has 0 aliphatic rings. The van der Waals surface area contributed by atoms with Crippen LogP contribution in [0.25, 0.3) is 98.5 Å². The second kappa shape index (κ2) is 13.1. The van der Waals surface area contributed by atoms with Crippen LogP contribution in [0.1, 0.15) is 0 Å². The fourth-order valence-corrected chi connectivity index (χ4v) is 8.58. The smallest absolute Gasteiger partial charge is 0.165 e. The average Bonchev–Trinajstić information content (AvgIpc) is 3.63. The van der Waals surface area contributed by atoms with Crippen molar-refractivity contribution in [3.63, 3.8) is 0 Å². The highest BCUT2D eigenvalue weighted by Crippen LogP contribution is 2.41. The number of thiophene rings is 1. The summed E-state index contributed by atoms with van der Waals surface area (Å²) in [5.74, 6) is 1.97. The van der Waals surface area contributed by atoms with E-state index in [4.69, 9.17) is 15.0 Å². The maximum atomic E-state index is 5.16. The van der Waals surface area contributed by atoms with Crippen molar-refractivity contribution < 1.29 is 0 Å². The first-order chi connectivity index (χ1) is 26.3. The normalized spacial score (nSPS) is 11.4. The minimum atomic E-state index is 0.646. The number of hydrogen-bond donors (Lipinski definition) is 0. The van der Waals surface area contributed by atoms with E-state index in [1.54, 1.807) is 11.3 Å². The number of fused-ring (bicyclic) bond motifs is 4. The number of hydrogen-bond acceptors (Lipinski definition) is 4. The molecular weight excluding hydrogens is 663 g/mol. The van der Waals surface area contributed by atoms with Gasteiger partial charge >= 0.3 is 0 Å². The molecule has 0 saturated carbocycles. The first-order valence-electron chi connectivity index (χ1n) is 17.8. The molecule has 0 amide bonds. The van der Waals surface area contributed by atoms with Crippen molar-refractivity contribution >= 4 is 42.3 Å². The van der Waals surface area contributed by atoms with Crippen LogP contribution in [0, 0.1) is 0 Å². The molecule has 10 aromatic rings. The van der Waals surface area contributed by atoms with Crippen LogP contribution in [-0.4, -0.2) is 15.0 Å². The lowest BCUT2D eigenvalue weighted by molar-refractivity contribution is 1.08. The van der Waals surface area contributed by atoms with E-state index in [1.807, 2.05) is 18.2 Å². The molecule has 0 spiro atoms. The molecule has 8 aromatic carbocycles. The van der Waals surface area contributed by atoms with Gasteiger partial charge in [0, 0.05) is 36.9 Å². The lowest BCUT2D eigenvalue weighted by Crippen LogP contribution is -2.00. The number of aromatic nitrogens is 3. The van der Waals surface area contributed by atoms with Gasteiger partial charge in [0.25, 0.3) is 0 Å². The quantitative estimate of drug-likeness (QED) is 0.174. The van der Waals surface area contributed by atoms with E-state index in [-0.39, 0.29) is 0 Å². The lowest BCUT2D eigenvalue weighted by Gasteiger charge is -2.16. The molecule has 4 heteroatoms. The first kappa shape index (κ1) is 31.0. The molecule has 3 nitrogen and oxygen atoms in total. The van der Waals surface area contributed by atoms with Crippen molar-refractivity contribution in [2.45, 2.75) is 0 Å². The number of nitrogens with zero attached hydrogens (tertiary/aromatic N) is 3. The fourth-order valence-electron chi connectivity index (χ4n) is 7.37. The van der Waals surface area contributed by atoms with E-state index in [2.05, 4.69) is 170 Å². The summed E-state index contributed by atoms with van der Waals surface area (Å²) in [7, 11) is 0. The van der Waals surface area contributed by atoms with Crippen molar-refractivity contribution in [2.75, 3.05) is 0 Å². The third kappa shape index (κ3) is 5.66. The molecule has 0 aliphatic heterocycles. The van der Waals surface area contributed by atoms with Crippen LogP contribution in [0.15, 0.2) is 188 Å². The Hall–Kier alpha value is -6.75. The molecule has 0 atom stereocenters. The van der Waals surface area contributed by atoms with Crippen molar-refractivity contribution in [3.05, 3.63) is 188 Å². The molecule has 0 fully saturated rings. The van der Waals surface area contributed by atoms with Gasteiger partial charge in [-0.25, -0.2) is 15.0 Å². The van der Waals surface area contributed by atoms with E-state index in [9.17, 15) is 0 Å². The zero-order valence-corrected chi connectivity index (χ0v) is 29.5. The minimum absolute atomic E-state index is 0.646. The molecular formula is C49H31N3S. The van der Waals surface area contributed by atoms with Crippen LogP contribution in [0.5, 0.6) is 0 Å². The van der Waals surface area contributed by atoms with E-state index >= 15 is 0 Å². The molecule has 248 valence electrons. The Morgan fingerprint density at radius 3 is 1.68 bits per heavy atom. The standard InChI is InChI=1S/C49H31N3S/c1-3-13-32(14-4-1)37-18-11-19-38(31-37)40-30-29-33-15-7-8-20-39(33)45(40)34-25-27-36(28-26-34)48-50-47(35-16-5-2-6-17-35)51-49(52-48)43-23-12-22-42-41-21-9-10-24-44(41)53-46(42)43/h1-31H. The second-order valence-corrected chi connectivity index (χ2v) is 14.2. The molecule has 0 saturated heterocycles. The summed E-state index contributed by atoms with van der Waals surface area (Å²) < 4.78 is 2.43. The SMILES string of the molecule is c1ccc(-c2cccc(-c3ccc4ccccc4c3-c3ccc(-c4nc(-c5ccccc5)nc(-c5cccc6c5sc5ccccc56)n4)cc3)c2)cc1. The first-order valence-corrected chi connectivity index (χ1v) is 18.6. The van der Waals surface area contributed by atoms with Crippen LogP contribution < -0.4 is 0 Å². The van der Waals surface area contributed by atoms with Crippen molar-refractivity contribution in [2.24, 2.45) is 0 Å². The van der Waals surface area contributed by atoms with Crippen molar-refractivity contribution in [1.29, 1.82) is 0 Å². The summed E-state index contributed by atoms with van der Waals surface area (Å²) in [4.78, 5) is 15.3. The molecule has 0 unspecified atom stereocenters. The highest BCUT2D eigenvalue weighted by molar-refractivity contribution is 7.26. The van der Waals surface area contributed by atoms with Gasteiger partial charge in [0.15, 0.2) is 17.5 Å². The van der Waals surface area contributed by atoms with Gasteiger partial charge in [-0.05, 0) is 62.4 Å². The molecule has 53 heavy (non-hydrogen) atoms. The molecule has 2 aromatic heterocycles. The van der Waals surface area contributed by atoms with Crippen molar-refractivity contribution in [3.8, 4) is 67.5 Å². The molecule has 0 aliphatic carbocycles. The van der Waals surface area contributed by atoms with E-state index in [0.717, 1.165) is 22.3 Å². The van der Waals surface area contributed by atoms with Crippen LogP contribution in [0.4, 0.5) is 0 Å². The predicted octanol–water partition coefficient (Wildman–Crippen LogP) is 13.4. The second-order valence-electron chi connectivity index (χ2n) is 13.2. The Morgan fingerprint density at radius 1 is 0.321 bits per heavy atom. The summed E-state index contributed by atoms with van der Waals surface area (Å²) in [6.07, 6.45) is 0. The molecule has 0 radical (unpaired) electrons. The number of rotatable bonds is 6. The third-order valence-corrected chi connectivity index (χ3v) is 11.2. The van der Waals surface area contributed by atoms with Crippen LogP contribution in [-0.2, 0) is 0 Å². The van der Waals surface area contributed by atoms with Crippen molar-refractivity contribution in [1.82, 2.24) is 15.0 Å². The molecule has 0 bridgehead atoms. The topological polar surface area (TPSA) is 38.7 Å². The summed E-state index contributed by atoms with van der Waals surface area (Å²) in [5, 5.41) is 4.89. The largest absolute Gasteiger partial charge is 0.208 e. The monoisotopic (exact) mass is 693 g/mol. The Morgan fingerprint density at radius 2 is 0.887 bits per heavy atom.